The largest absolute Gasteiger partial charge is 0.490 e. The van der Waals surface area contributed by atoms with Gasteiger partial charge in [0.2, 0.25) is 0 Å². The number of benzene rings is 3. The summed E-state index contributed by atoms with van der Waals surface area (Å²) in [6, 6.07) is 21.0. The van der Waals surface area contributed by atoms with Crippen LogP contribution in [-0.2, 0) is 0 Å². The maximum Gasteiger partial charge on any atom is 0.271 e. The van der Waals surface area contributed by atoms with Gasteiger partial charge in [0.1, 0.15) is 0 Å². The van der Waals surface area contributed by atoms with Crippen LogP contribution in [0.3, 0.4) is 0 Å². The van der Waals surface area contributed by atoms with Crippen molar-refractivity contribution in [3.05, 3.63) is 87.7 Å². The summed E-state index contributed by atoms with van der Waals surface area (Å²) in [5, 5.41) is 10.3. The number of hydrogen-bond donors (Lipinski definition) is 2. The first-order valence-corrected chi connectivity index (χ1v) is 16.0. The number of nitrogens with one attached hydrogen (secondary N) is 2. The summed E-state index contributed by atoms with van der Waals surface area (Å²) >= 11 is 5.14. The highest BCUT2D eigenvalue weighted by atomic mass is 79.9. The second-order valence-corrected chi connectivity index (χ2v) is 11.4. The fraction of sp³-hybridized carbons (Fsp3) is 0.303. The molecule has 0 fully saturated rings. The van der Waals surface area contributed by atoms with Gasteiger partial charge in [-0.15, -0.1) is 11.3 Å². The van der Waals surface area contributed by atoms with Crippen LogP contribution < -0.4 is 20.2 Å². The summed E-state index contributed by atoms with van der Waals surface area (Å²) in [7, 11) is 0. The van der Waals surface area contributed by atoms with E-state index in [1.807, 2.05) is 66.9 Å². The highest BCUT2D eigenvalue weighted by molar-refractivity contribution is 9.10. The average molecular weight is 650 g/mol. The first-order valence-electron chi connectivity index (χ1n) is 14.4. The van der Waals surface area contributed by atoms with Crippen LogP contribution in [0.5, 0.6) is 11.5 Å². The lowest BCUT2D eigenvalue weighted by Gasteiger charge is -2.14. The number of nitrogens with zero attached hydrogens (tertiary/aromatic N) is 2. The van der Waals surface area contributed by atoms with Gasteiger partial charge in [0.05, 0.1) is 29.6 Å². The number of ether oxygens (including phenoxy) is 2. The van der Waals surface area contributed by atoms with Crippen molar-refractivity contribution in [1.82, 2.24) is 10.4 Å². The quantitative estimate of drug-likeness (QED) is 0.0718. The number of aromatic nitrogens is 1. The van der Waals surface area contributed by atoms with Gasteiger partial charge < -0.3 is 14.8 Å². The minimum atomic E-state index is -0.300. The number of hydrogen-bond acceptors (Lipinski definition) is 7. The topological polar surface area (TPSA) is 84.8 Å². The molecule has 1 aromatic heterocycles. The molecule has 9 heteroatoms. The minimum absolute atomic E-state index is 0.300. The van der Waals surface area contributed by atoms with E-state index in [9.17, 15) is 4.79 Å². The van der Waals surface area contributed by atoms with Gasteiger partial charge >= 0.3 is 0 Å². The van der Waals surface area contributed by atoms with E-state index in [0.717, 1.165) is 45.0 Å². The molecule has 0 atom stereocenters. The number of carbonyl (C=O) groups is 1. The Morgan fingerprint density at radius 1 is 0.976 bits per heavy atom. The Morgan fingerprint density at radius 2 is 1.74 bits per heavy atom. The summed E-state index contributed by atoms with van der Waals surface area (Å²) in [4.78, 5) is 17.4. The zero-order chi connectivity index (χ0) is 29.6. The first kappa shape index (κ1) is 31.3. The van der Waals surface area contributed by atoms with E-state index in [1.54, 1.807) is 18.3 Å². The molecule has 220 valence electrons. The van der Waals surface area contributed by atoms with Crippen LogP contribution in [0, 0.1) is 0 Å². The van der Waals surface area contributed by atoms with Gasteiger partial charge in [0.15, 0.2) is 16.6 Å². The molecule has 0 aliphatic carbocycles. The van der Waals surface area contributed by atoms with Gasteiger partial charge in [-0.3, -0.25) is 4.79 Å². The Labute approximate surface area is 260 Å². The van der Waals surface area contributed by atoms with Crippen molar-refractivity contribution in [3.8, 4) is 22.8 Å². The Bertz CT molecular complexity index is 1440. The number of carbonyl (C=O) groups excluding carboxylic acids is 1. The summed E-state index contributed by atoms with van der Waals surface area (Å²) in [6.45, 7) is 5.31. The van der Waals surface area contributed by atoms with Crippen LogP contribution in [0.25, 0.3) is 11.3 Å². The van der Waals surface area contributed by atoms with Crippen molar-refractivity contribution >= 4 is 50.2 Å². The van der Waals surface area contributed by atoms with Gasteiger partial charge in [0, 0.05) is 22.2 Å². The molecule has 4 aromatic rings. The molecule has 1 heterocycles. The third-order valence-corrected chi connectivity index (χ3v) is 7.77. The second kappa shape index (κ2) is 16.7. The predicted octanol–water partition coefficient (Wildman–Crippen LogP) is 9.22. The summed E-state index contributed by atoms with van der Waals surface area (Å²) in [6.07, 6.45) is 8.81. The maximum atomic E-state index is 12.7. The number of unbranched alkanes of at least 4 members (excludes halogenated alkanes) is 5. The van der Waals surface area contributed by atoms with Crippen LogP contribution in [0.1, 0.15) is 68.3 Å². The molecule has 0 spiro atoms. The fourth-order valence-electron chi connectivity index (χ4n) is 4.25. The highest BCUT2D eigenvalue weighted by Gasteiger charge is 2.12. The van der Waals surface area contributed by atoms with E-state index in [-0.39, 0.29) is 5.91 Å². The molecule has 0 aliphatic heterocycles. The summed E-state index contributed by atoms with van der Waals surface area (Å²) in [5.74, 6) is 1.03. The number of amides is 1. The molecular weight excluding hydrogens is 612 g/mol. The summed E-state index contributed by atoms with van der Waals surface area (Å²) < 4.78 is 12.7. The highest BCUT2D eigenvalue weighted by Crippen LogP contribution is 2.37. The molecular formula is C33H37BrN4O3S. The molecule has 0 bridgehead atoms. The van der Waals surface area contributed by atoms with E-state index in [0.29, 0.717) is 30.3 Å². The molecule has 0 radical (unpaired) electrons. The monoisotopic (exact) mass is 648 g/mol. The standard InChI is InChI=1S/C33H37BrN4O3S/c1-3-5-6-7-8-12-19-41-31-28(34)20-24(21-30(31)40-4-2)22-35-38-32(39)26-17-15-25(16-18-26)29-23-42-33(37-29)36-27-13-10-9-11-14-27/h9-11,13-18,20-23H,3-8,12,19H2,1-2H3,(H,36,37)(H,38,39)/b35-22+. The number of thiazole rings is 1. The van der Waals surface area contributed by atoms with Crippen molar-refractivity contribution in [2.45, 2.75) is 52.4 Å². The van der Waals surface area contributed by atoms with E-state index in [1.165, 1.54) is 37.0 Å². The van der Waals surface area contributed by atoms with Gasteiger partial charge in [-0.1, -0.05) is 69.4 Å². The Balaban J connectivity index is 1.31. The lowest BCUT2D eigenvalue weighted by molar-refractivity contribution is 0.0955. The first-order chi connectivity index (χ1) is 20.6. The smallest absolute Gasteiger partial charge is 0.271 e. The van der Waals surface area contributed by atoms with Gasteiger partial charge in [-0.25, -0.2) is 10.4 Å². The molecule has 4 rings (SSSR count). The maximum absolute atomic E-state index is 12.7. The zero-order valence-corrected chi connectivity index (χ0v) is 26.5. The number of hydrazone groups is 1. The lowest BCUT2D eigenvalue weighted by Crippen LogP contribution is -2.17. The van der Waals surface area contributed by atoms with Crippen molar-refractivity contribution in [1.29, 1.82) is 0 Å². The van der Waals surface area contributed by atoms with Crippen molar-refractivity contribution < 1.29 is 14.3 Å². The average Bonchev–Trinajstić information content (AvgIpc) is 3.47. The zero-order valence-electron chi connectivity index (χ0n) is 24.1. The molecule has 0 aliphatic rings. The number of para-hydroxylation sites is 1. The van der Waals surface area contributed by atoms with E-state index in [2.05, 4.69) is 43.7 Å². The van der Waals surface area contributed by atoms with E-state index < -0.39 is 0 Å². The fourth-order valence-corrected chi connectivity index (χ4v) is 5.57. The molecule has 1 amide bonds. The summed E-state index contributed by atoms with van der Waals surface area (Å²) in [5.41, 5.74) is 6.65. The molecule has 42 heavy (non-hydrogen) atoms. The third-order valence-electron chi connectivity index (χ3n) is 6.43. The van der Waals surface area contributed by atoms with E-state index in [4.69, 9.17) is 9.47 Å². The molecule has 3 aromatic carbocycles. The van der Waals surface area contributed by atoms with Crippen molar-refractivity contribution in [2.24, 2.45) is 5.10 Å². The number of halogens is 1. The lowest BCUT2D eigenvalue weighted by atomic mass is 10.1. The molecule has 0 saturated carbocycles. The predicted molar refractivity (Wildman–Crippen MR) is 177 cm³/mol. The normalized spacial score (nSPS) is 11.0. The number of rotatable bonds is 16. The molecule has 2 N–H and O–H groups in total. The molecule has 7 nitrogen and oxygen atoms in total. The SMILES string of the molecule is CCCCCCCCOc1c(Br)cc(/C=N/NC(=O)c2ccc(-c3csc(Nc4ccccc4)n3)cc2)cc1OCC. The van der Waals surface area contributed by atoms with Crippen LogP contribution in [0.4, 0.5) is 10.8 Å². The van der Waals surface area contributed by atoms with Crippen LogP contribution >= 0.6 is 27.3 Å². The number of anilines is 2. The van der Waals surface area contributed by atoms with Crippen LogP contribution in [0.2, 0.25) is 0 Å². The van der Waals surface area contributed by atoms with Crippen molar-refractivity contribution in [2.75, 3.05) is 18.5 Å². The Morgan fingerprint density at radius 3 is 2.50 bits per heavy atom. The Kier molecular flexibility index (Phi) is 12.4. The van der Waals surface area contributed by atoms with Crippen LogP contribution in [0.15, 0.2) is 81.7 Å². The van der Waals surface area contributed by atoms with E-state index >= 15 is 0 Å². The van der Waals surface area contributed by atoms with Gasteiger partial charge in [0.25, 0.3) is 5.91 Å². The third kappa shape index (κ3) is 9.42. The van der Waals surface area contributed by atoms with Gasteiger partial charge in [-0.05, 0) is 71.2 Å². The Hall–Kier alpha value is -3.69. The van der Waals surface area contributed by atoms with Gasteiger partial charge in [-0.2, -0.15) is 5.10 Å². The molecule has 0 saturated heterocycles. The van der Waals surface area contributed by atoms with Crippen molar-refractivity contribution in [3.63, 3.8) is 0 Å². The van der Waals surface area contributed by atoms with Crippen LogP contribution in [-0.4, -0.2) is 30.3 Å². The second-order valence-electron chi connectivity index (χ2n) is 9.68. The molecule has 0 unspecified atom stereocenters. The minimum Gasteiger partial charge on any atom is -0.490 e.